The van der Waals surface area contributed by atoms with Crippen molar-refractivity contribution in [3.63, 3.8) is 0 Å². The molecule has 0 spiro atoms. The lowest BCUT2D eigenvalue weighted by Gasteiger charge is -2.38. The third-order valence-corrected chi connectivity index (χ3v) is 7.57. The van der Waals surface area contributed by atoms with Gasteiger partial charge >= 0.3 is 0 Å². The highest BCUT2D eigenvalue weighted by Crippen LogP contribution is 2.40. The van der Waals surface area contributed by atoms with Crippen LogP contribution in [0, 0.1) is 24.6 Å². The zero-order valence-corrected chi connectivity index (χ0v) is 21.4. The average Bonchev–Trinajstić information content (AvgIpc) is 3.21. The van der Waals surface area contributed by atoms with Crippen molar-refractivity contribution >= 4 is 5.91 Å². The smallest absolute Gasteiger partial charge is 0.225 e. The number of carbonyl (C=O) groups excluding carboxylic acids is 1. The molecule has 196 valence electrons. The SMILES string of the molecule is COCCCO[C@H](c1cccc(F)c1-c1cccc(C)c1)C1CCCN(C(=O)[C@H]2C[C@@H](N)[C@@H](O)C2)C1. The molecule has 36 heavy (non-hydrogen) atoms. The standard InChI is InChI=1S/C29H39FN2O4/c1-19-7-3-8-20(15-19)27-23(10-4-11-24(27)30)28(36-14-6-13-35-2)21-9-5-12-32(18-21)29(34)22-16-25(31)26(33)17-22/h3-4,7-8,10-11,15,21-22,25-26,28,33H,5-6,9,12-14,16-18,31H2,1-2H3/t21?,22-,25+,26-,28-/m0/s1. The number of nitrogens with two attached hydrogens (primary N) is 1. The van der Waals surface area contributed by atoms with Crippen molar-refractivity contribution in [2.45, 2.75) is 57.3 Å². The summed E-state index contributed by atoms with van der Waals surface area (Å²) >= 11 is 0. The van der Waals surface area contributed by atoms with Crippen molar-refractivity contribution in [3.05, 3.63) is 59.4 Å². The average molecular weight is 499 g/mol. The van der Waals surface area contributed by atoms with Gasteiger partial charge in [0.25, 0.3) is 0 Å². The minimum absolute atomic E-state index is 0.0237. The number of amides is 1. The van der Waals surface area contributed by atoms with E-state index in [-0.39, 0.29) is 35.7 Å². The second-order valence-electron chi connectivity index (χ2n) is 10.3. The fourth-order valence-electron chi connectivity index (χ4n) is 5.74. The van der Waals surface area contributed by atoms with E-state index in [1.165, 1.54) is 6.07 Å². The zero-order chi connectivity index (χ0) is 25.7. The van der Waals surface area contributed by atoms with Gasteiger partial charge in [0.2, 0.25) is 5.91 Å². The summed E-state index contributed by atoms with van der Waals surface area (Å²) in [4.78, 5) is 15.2. The summed E-state index contributed by atoms with van der Waals surface area (Å²) < 4.78 is 27.0. The number of carbonyl (C=O) groups is 1. The van der Waals surface area contributed by atoms with Crippen LogP contribution < -0.4 is 5.73 Å². The molecule has 1 unspecified atom stereocenters. The molecule has 6 nitrogen and oxygen atoms in total. The first-order chi connectivity index (χ1) is 17.4. The van der Waals surface area contributed by atoms with E-state index in [2.05, 4.69) is 0 Å². The molecular formula is C29H39FN2O4. The summed E-state index contributed by atoms with van der Waals surface area (Å²) in [5.41, 5.74) is 9.24. The van der Waals surface area contributed by atoms with Crippen LogP contribution in [0.2, 0.25) is 0 Å². The number of methoxy groups -OCH3 is 1. The van der Waals surface area contributed by atoms with Crippen molar-refractivity contribution in [1.29, 1.82) is 0 Å². The number of aryl methyl sites for hydroxylation is 1. The molecule has 2 fully saturated rings. The van der Waals surface area contributed by atoms with Gasteiger partial charge in [-0.25, -0.2) is 4.39 Å². The van der Waals surface area contributed by atoms with Gasteiger partial charge in [-0.05, 0) is 56.2 Å². The summed E-state index contributed by atoms with van der Waals surface area (Å²) in [6, 6.07) is 12.7. The summed E-state index contributed by atoms with van der Waals surface area (Å²) in [5, 5.41) is 10.1. The van der Waals surface area contributed by atoms with E-state index in [1.54, 1.807) is 13.2 Å². The topological polar surface area (TPSA) is 85.0 Å². The molecule has 1 saturated carbocycles. The number of aliphatic hydroxyl groups excluding tert-OH is 1. The van der Waals surface area contributed by atoms with Gasteiger partial charge in [0, 0.05) is 56.9 Å². The van der Waals surface area contributed by atoms with Crippen LogP contribution in [0.15, 0.2) is 42.5 Å². The number of ether oxygens (including phenoxy) is 2. The molecule has 1 aliphatic carbocycles. The van der Waals surface area contributed by atoms with Crippen LogP contribution in [0.5, 0.6) is 0 Å². The maximum absolute atomic E-state index is 15.3. The Morgan fingerprint density at radius 2 is 2.03 bits per heavy atom. The highest BCUT2D eigenvalue weighted by atomic mass is 19.1. The number of hydrogen-bond acceptors (Lipinski definition) is 5. The molecule has 1 saturated heterocycles. The molecule has 0 aromatic heterocycles. The van der Waals surface area contributed by atoms with Crippen LogP contribution in [0.4, 0.5) is 4.39 Å². The van der Waals surface area contributed by atoms with Gasteiger partial charge in [0.15, 0.2) is 0 Å². The van der Waals surface area contributed by atoms with E-state index >= 15 is 4.39 Å². The Labute approximate surface area is 213 Å². The second-order valence-corrected chi connectivity index (χ2v) is 10.3. The quantitative estimate of drug-likeness (QED) is 0.506. The molecule has 1 heterocycles. The van der Waals surface area contributed by atoms with Crippen LogP contribution in [0.1, 0.15) is 49.3 Å². The second kappa shape index (κ2) is 12.3. The fraction of sp³-hybridized carbons (Fsp3) is 0.552. The lowest BCUT2D eigenvalue weighted by atomic mass is 9.84. The van der Waals surface area contributed by atoms with E-state index in [0.717, 1.165) is 36.0 Å². The summed E-state index contributed by atoms with van der Waals surface area (Å²) in [5.74, 6) is -0.438. The number of halogens is 1. The van der Waals surface area contributed by atoms with Crippen molar-refractivity contribution in [2.75, 3.05) is 33.4 Å². The Morgan fingerprint density at radius 3 is 2.75 bits per heavy atom. The summed E-state index contributed by atoms with van der Waals surface area (Å²) in [6.45, 7) is 4.29. The minimum Gasteiger partial charge on any atom is -0.391 e. The number of benzene rings is 2. The fourth-order valence-corrected chi connectivity index (χ4v) is 5.74. The van der Waals surface area contributed by atoms with Gasteiger partial charge < -0.3 is 25.2 Å². The van der Waals surface area contributed by atoms with E-state index in [1.807, 2.05) is 42.2 Å². The highest BCUT2D eigenvalue weighted by Gasteiger charge is 2.39. The van der Waals surface area contributed by atoms with Crippen molar-refractivity contribution in [1.82, 2.24) is 4.90 Å². The first-order valence-corrected chi connectivity index (χ1v) is 13.1. The first-order valence-electron chi connectivity index (χ1n) is 13.1. The number of likely N-dealkylation sites (tertiary alicyclic amines) is 1. The number of aliphatic hydroxyl groups is 1. The van der Waals surface area contributed by atoms with Gasteiger partial charge in [0.1, 0.15) is 5.82 Å². The third-order valence-electron chi connectivity index (χ3n) is 7.57. The largest absolute Gasteiger partial charge is 0.391 e. The molecular weight excluding hydrogens is 459 g/mol. The maximum Gasteiger partial charge on any atom is 0.225 e. The Balaban J connectivity index is 1.62. The number of nitrogens with zero attached hydrogens (tertiary/aromatic N) is 1. The monoisotopic (exact) mass is 498 g/mol. The molecule has 0 radical (unpaired) electrons. The van der Waals surface area contributed by atoms with E-state index in [9.17, 15) is 9.90 Å². The minimum atomic E-state index is -0.624. The molecule has 5 atom stereocenters. The van der Waals surface area contributed by atoms with Crippen molar-refractivity contribution in [3.8, 4) is 11.1 Å². The molecule has 7 heteroatoms. The normalized spacial score (nSPS) is 25.2. The van der Waals surface area contributed by atoms with Crippen LogP contribution in [-0.2, 0) is 14.3 Å². The Hall–Kier alpha value is -2.32. The van der Waals surface area contributed by atoms with E-state index in [0.29, 0.717) is 44.7 Å². The van der Waals surface area contributed by atoms with Gasteiger partial charge in [-0.3, -0.25) is 4.79 Å². The van der Waals surface area contributed by atoms with Gasteiger partial charge in [-0.15, -0.1) is 0 Å². The summed E-state index contributed by atoms with van der Waals surface area (Å²) in [7, 11) is 1.66. The Kier molecular flexibility index (Phi) is 9.12. The van der Waals surface area contributed by atoms with Crippen LogP contribution in [0.25, 0.3) is 11.1 Å². The molecule has 1 amide bonds. The number of hydrogen-bond donors (Lipinski definition) is 2. The predicted octanol–water partition coefficient (Wildman–Crippen LogP) is 4.23. The molecule has 3 N–H and O–H groups in total. The molecule has 2 aromatic carbocycles. The summed E-state index contributed by atoms with van der Waals surface area (Å²) in [6.07, 6.45) is 2.41. The highest BCUT2D eigenvalue weighted by molar-refractivity contribution is 5.79. The lowest BCUT2D eigenvalue weighted by Crippen LogP contribution is -2.44. The van der Waals surface area contributed by atoms with Gasteiger partial charge in [-0.2, -0.15) is 0 Å². The maximum atomic E-state index is 15.3. The lowest BCUT2D eigenvalue weighted by molar-refractivity contribution is -0.139. The van der Waals surface area contributed by atoms with Crippen LogP contribution in [-0.4, -0.2) is 61.5 Å². The van der Waals surface area contributed by atoms with Gasteiger partial charge in [0.05, 0.1) is 12.2 Å². The van der Waals surface area contributed by atoms with Crippen LogP contribution in [0.3, 0.4) is 0 Å². The molecule has 2 aromatic rings. The zero-order valence-electron chi connectivity index (χ0n) is 21.4. The van der Waals surface area contributed by atoms with Crippen LogP contribution >= 0.6 is 0 Å². The Bertz CT molecular complexity index is 1020. The van der Waals surface area contributed by atoms with Gasteiger partial charge in [-0.1, -0.05) is 42.0 Å². The Morgan fingerprint density at radius 1 is 1.22 bits per heavy atom. The predicted molar refractivity (Wildman–Crippen MR) is 138 cm³/mol. The number of piperidine rings is 1. The molecule has 2 aliphatic rings. The van der Waals surface area contributed by atoms with Crippen molar-refractivity contribution < 1.29 is 23.8 Å². The molecule has 0 bridgehead atoms. The molecule has 4 rings (SSSR count). The van der Waals surface area contributed by atoms with E-state index < -0.39 is 6.10 Å². The molecule has 1 aliphatic heterocycles. The van der Waals surface area contributed by atoms with E-state index in [4.69, 9.17) is 15.2 Å². The third kappa shape index (κ3) is 6.14. The first kappa shape index (κ1) is 26.7. The van der Waals surface area contributed by atoms with Crippen molar-refractivity contribution in [2.24, 2.45) is 17.6 Å². The number of rotatable bonds is 9.